The highest BCUT2D eigenvalue weighted by Gasteiger charge is 2.12. The van der Waals surface area contributed by atoms with Gasteiger partial charge in [0.2, 0.25) is 0 Å². The standard InChI is InChI=1S/C6H12Br2/c1-4(5(2)7)6(3)8/h4-6H,1-3H3/t4?,5-,6?/m0/s1. The highest BCUT2D eigenvalue weighted by molar-refractivity contribution is 9.10. The van der Waals surface area contributed by atoms with Gasteiger partial charge in [0.1, 0.15) is 0 Å². The third-order valence-electron chi connectivity index (χ3n) is 1.45. The summed E-state index contributed by atoms with van der Waals surface area (Å²) >= 11 is 7.02. The molecule has 0 amide bonds. The van der Waals surface area contributed by atoms with Crippen LogP contribution in [0.3, 0.4) is 0 Å². The lowest BCUT2D eigenvalue weighted by molar-refractivity contribution is 0.585. The molecule has 0 aliphatic carbocycles. The van der Waals surface area contributed by atoms with Crippen LogP contribution in [0.5, 0.6) is 0 Å². The molecule has 0 nitrogen and oxygen atoms in total. The lowest BCUT2D eigenvalue weighted by atomic mass is 10.1. The second-order valence-corrected chi connectivity index (χ2v) is 5.10. The van der Waals surface area contributed by atoms with Crippen molar-refractivity contribution in [3.05, 3.63) is 0 Å². The van der Waals surface area contributed by atoms with Crippen LogP contribution < -0.4 is 0 Å². The second-order valence-electron chi connectivity index (χ2n) is 2.21. The minimum absolute atomic E-state index is 0.608. The van der Waals surface area contributed by atoms with Gasteiger partial charge in [-0.1, -0.05) is 52.6 Å². The maximum absolute atomic E-state index is 3.51. The van der Waals surface area contributed by atoms with E-state index < -0.39 is 0 Å². The van der Waals surface area contributed by atoms with Gasteiger partial charge in [-0.25, -0.2) is 0 Å². The Kier molecular flexibility index (Phi) is 4.35. The first kappa shape index (κ1) is 8.96. The van der Waals surface area contributed by atoms with Crippen molar-refractivity contribution in [1.29, 1.82) is 0 Å². The summed E-state index contributed by atoms with van der Waals surface area (Å²) < 4.78 is 0. The van der Waals surface area contributed by atoms with E-state index in [1.54, 1.807) is 0 Å². The summed E-state index contributed by atoms with van der Waals surface area (Å²) in [6, 6.07) is 0. The fourth-order valence-electron chi connectivity index (χ4n) is 0.365. The predicted molar refractivity (Wildman–Crippen MR) is 45.9 cm³/mol. The van der Waals surface area contributed by atoms with Crippen molar-refractivity contribution in [3.63, 3.8) is 0 Å². The Morgan fingerprint density at radius 3 is 1.12 bits per heavy atom. The number of hydrogen-bond donors (Lipinski definition) is 0. The quantitative estimate of drug-likeness (QED) is 0.654. The van der Waals surface area contributed by atoms with Crippen molar-refractivity contribution >= 4 is 31.9 Å². The third-order valence-corrected chi connectivity index (χ3v) is 3.12. The SMILES string of the molecule is CC(Br)C(C)[C@H](C)Br. The van der Waals surface area contributed by atoms with Crippen LogP contribution in [0.4, 0.5) is 0 Å². The molecule has 2 unspecified atom stereocenters. The Hall–Kier alpha value is 0.960. The summed E-state index contributed by atoms with van der Waals surface area (Å²) in [5.41, 5.74) is 0. The third kappa shape index (κ3) is 3.08. The number of alkyl halides is 2. The molecule has 0 saturated carbocycles. The van der Waals surface area contributed by atoms with E-state index in [1.165, 1.54) is 0 Å². The molecule has 0 spiro atoms. The van der Waals surface area contributed by atoms with E-state index in [2.05, 4.69) is 52.6 Å². The maximum Gasteiger partial charge on any atom is 0.0153 e. The van der Waals surface area contributed by atoms with Crippen LogP contribution in [-0.4, -0.2) is 9.65 Å². The molecule has 0 aromatic heterocycles. The topological polar surface area (TPSA) is 0 Å². The number of hydrogen-bond acceptors (Lipinski definition) is 0. The Labute approximate surface area is 68.3 Å². The monoisotopic (exact) mass is 242 g/mol. The van der Waals surface area contributed by atoms with Crippen LogP contribution in [0.1, 0.15) is 20.8 Å². The summed E-state index contributed by atoms with van der Waals surface area (Å²) in [7, 11) is 0. The first-order chi connectivity index (χ1) is 3.55. The molecule has 0 aromatic rings. The summed E-state index contributed by atoms with van der Waals surface area (Å²) in [5, 5.41) is 0. The Morgan fingerprint density at radius 2 is 1.12 bits per heavy atom. The van der Waals surface area contributed by atoms with E-state index in [0.29, 0.717) is 15.6 Å². The maximum atomic E-state index is 3.51. The zero-order chi connectivity index (χ0) is 6.73. The Bertz CT molecular complexity index is 51.5. The lowest BCUT2D eigenvalue weighted by Gasteiger charge is -2.15. The van der Waals surface area contributed by atoms with Gasteiger partial charge in [-0.2, -0.15) is 0 Å². The molecule has 0 N–H and O–H groups in total. The largest absolute Gasteiger partial charge is 0.0890 e. The first-order valence-corrected chi connectivity index (χ1v) is 4.67. The highest BCUT2D eigenvalue weighted by Crippen LogP contribution is 2.20. The number of halogens is 2. The molecule has 8 heavy (non-hydrogen) atoms. The summed E-state index contributed by atoms with van der Waals surface area (Å²) in [5.74, 6) is 0.704. The molecule has 0 saturated heterocycles. The van der Waals surface area contributed by atoms with Crippen LogP contribution in [-0.2, 0) is 0 Å². The van der Waals surface area contributed by atoms with Crippen LogP contribution in [0.25, 0.3) is 0 Å². The molecule has 0 rings (SSSR count). The van der Waals surface area contributed by atoms with Crippen molar-refractivity contribution < 1.29 is 0 Å². The van der Waals surface area contributed by atoms with Gasteiger partial charge < -0.3 is 0 Å². The fraction of sp³-hybridized carbons (Fsp3) is 1.00. The molecule has 0 fully saturated rings. The molecular formula is C6H12Br2. The fourth-order valence-corrected chi connectivity index (χ4v) is 1.69. The molecule has 50 valence electrons. The average Bonchev–Trinajstić information content (AvgIpc) is 1.64. The van der Waals surface area contributed by atoms with Crippen LogP contribution in [0, 0.1) is 5.92 Å². The highest BCUT2D eigenvalue weighted by atomic mass is 79.9. The Morgan fingerprint density at radius 1 is 0.875 bits per heavy atom. The van der Waals surface area contributed by atoms with Crippen molar-refractivity contribution in [2.45, 2.75) is 30.4 Å². The summed E-state index contributed by atoms with van der Waals surface area (Å²) in [4.78, 5) is 1.22. The van der Waals surface area contributed by atoms with Crippen molar-refractivity contribution in [1.82, 2.24) is 0 Å². The van der Waals surface area contributed by atoms with Crippen molar-refractivity contribution in [3.8, 4) is 0 Å². The van der Waals surface area contributed by atoms with E-state index in [0.717, 1.165) is 0 Å². The van der Waals surface area contributed by atoms with Gasteiger partial charge in [-0.3, -0.25) is 0 Å². The van der Waals surface area contributed by atoms with Gasteiger partial charge in [0.25, 0.3) is 0 Å². The molecule has 0 heterocycles. The molecule has 0 bridgehead atoms. The zero-order valence-electron chi connectivity index (χ0n) is 5.49. The minimum atomic E-state index is 0.608. The van der Waals surface area contributed by atoms with Gasteiger partial charge in [0.15, 0.2) is 0 Å². The van der Waals surface area contributed by atoms with Crippen LogP contribution in [0.2, 0.25) is 0 Å². The van der Waals surface area contributed by atoms with Gasteiger partial charge in [0.05, 0.1) is 0 Å². The van der Waals surface area contributed by atoms with E-state index in [4.69, 9.17) is 0 Å². The van der Waals surface area contributed by atoms with Crippen LogP contribution in [0.15, 0.2) is 0 Å². The minimum Gasteiger partial charge on any atom is -0.0890 e. The Balaban J connectivity index is 3.46. The van der Waals surface area contributed by atoms with Crippen LogP contribution >= 0.6 is 31.9 Å². The number of rotatable bonds is 2. The molecule has 3 atom stereocenters. The first-order valence-electron chi connectivity index (χ1n) is 2.84. The van der Waals surface area contributed by atoms with E-state index in [1.807, 2.05) is 0 Å². The zero-order valence-corrected chi connectivity index (χ0v) is 8.66. The van der Waals surface area contributed by atoms with Gasteiger partial charge in [0, 0.05) is 9.65 Å². The predicted octanol–water partition coefficient (Wildman–Crippen LogP) is 3.19. The second kappa shape index (κ2) is 3.89. The van der Waals surface area contributed by atoms with E-state index in [-0.39, 0.29) is 0 Å². The normalized spacial score (nSPS) is 22.1. The van der Waals surface area contributed by atoms with Crippen molar-refractivity contribution in [2.24, 2.45) is 5.92 Å². The molecule has 0 radical (unpaired) electrons. The van der Waals surface area contributed by atoms with Gasteiger partial charge in [-0.15, -0.1) is 0 Å². The van der Waals surface area contributed by atoms with Gasteiger partial charge >= 0.3 is 0 Å². The smallest absolute Gasteiger partial charge is 0.0153 e. The molecular weight excluding hydrogens is 232 g/mol. The lowest BCUT2D eigenvalue weighted by Crippen LogP contribution is -2.14. The molecule has 0 aromatic carbocycles. The van der Waals surface area contributed by atoms with E-state index >= 15 is 0 Å². The average molecular weight is 244 g/mol. The summed E-state index contributed by atoms with van der Waals surface area (Å²) in [6.45, 7) is 6.56. The molecule has 0 aliphatic heterocycles. The molecule has 2 heteroatoms. The molecule has 0 aliphatic rings. The van der Waals surface area contributed by atoms with E-state index in [9.17, 15) is 0 Å². The van der Waals surface area contributed by atoms with Crippen molar-refractivity contribution in [2.75, 3.05) is 0 Å². The van der Waals surface area contributed by atoms with Gasteiger partial charge in [-0.05, 0) is 5.92 Å². The summed E-state index contributed by atoms with van der Waals surface area (Å²) in [6.07, 6.45) is 0.